The number of piperidine rings is 1. The molecule has 1 aromatic heterocycles. The predicted octanol–water partition coefficient (Wildman–Crippen LogP) is 1.86. The van der Waals surface area contributed by atoms with Crippen LogP contribution in [-0.2, 0) is 26.3 Å². The van der Waals surface area contributed by atoms with E-state index in [1.807, 2.05) is 6.92 Å². The summed E-state index contributed by atoms with van der Waals surface area (Å²) in [5.41, 5.74) is 1.12. The van der Waals surface area contributed by atoms with E-state index in [9.17, 15) is 14.4 Å². The average molecular weight is 391 g/mol. The molecule has 0 aliphatic carbocycles. The molecule has 0 bridgehead atoms. The van der Waals surface area contributed by atoms with Crippen molar-refractivity contribution in [1.82, 2.24) is 15.1 Å². The number of urea groups is 1. The third kappa shape index (κ3) is 3.25. The Hall–Kier alpha value is -1.93. The van der Waals surface area contributed by atoms with Gasteiger partial charge in [-0.1, -0.05) is 6.92 Å². The number of carbonyl (C=O) groups is 3. The smallest absolute Gasteiger partial charge is 0.324 e. The quantitative estimate of drug-likeness (QED) is 0.795. The Morgan fingerprint density at radius 1 is 1.37 bits per heavy atom. The van der Waals surface area contributed by atoms with Gasteiger partial charge in [-0.15, -0.1) is 11.3 Å². The molecule has 1 atom stereocenters. The van der Waals surface area contributed by atoms with E-state index >= 15 is 0 Å². The number of hydrogen-bond donors (Lipinski definition) is 1. The van der Waals surface area contributed by atoms with Crippen molar-refractivity contribution >= 4 is 29.2 Å². The molecule has 4 amide bonds. The Labute approximate surface area is 162 Å². The minimum Gasteiger partial charge on any atom is -0.369 e. The molecule has 0 saturated carbocycles. The third-order valence-electron chi connectivity index (χ3n) is 5.77. The van der Waals surface area contributed by atoms with Crippen molar-refractivity contribution in [2.75, 3.05) is 26.2 Å². The van der Waals surface area contributed by atoms with Crippen molar-refractivity contribution < 1.29 is 19.1 Å². The van der Waals surface area contributed by atoms with Crippen LogP contribution in [0.3, 0.4) is 0 Å². The van der Waals surface area contributed by atoms with E-state index in [4.69, 9.17) is 4.74 Å². The highest BCUT2D eigenvalue weighted by atomic mass is 32.1. The number of nitrogens with one attached hydrogen (secondary N) is 1. The number of carbonyl (C=O) groups excluding carboxylic acids is 3. The van der Waals surface area contributed by atoms with Crippen LogP contribution in [0.1, 0.15) is 43.0 Å². The molecule has 2 fully saturated rings. The van der Waals surface area contributed by atoms with Gasteiger partial charge in [-0.2, -0.15) is 0 Å². The normalized spacial score (nSPS) is 24.3. The second-order valence-electron chi connectivity index (χ2n) is 7.44. The second kappa shape index (κ2) is 7.24. The van der Waals surface area contributed by atoms with E-state index in [0.29, 0.717) is 26.1 Å². The van der Waals surface area contributed by atoms with E-state index in [1.165, 1.54) is 15.3 Å². The van der Waals surface area contributed by atoms with Crippen molar-refractivity contribution in [2.45, 2.75) is 50.7 Å². The summed E-state index contributed by atoms with van der Waals surface area (Å²) in [6.45, 7) is 4.26. The van der Waals surface area contributed by atoms with Crippen LogP contribution >= 0.6 is 11.3 Å². The number of likely N-dealkylation sites (tertiary alicyclic amines) is 1. The molecule has 7 nitrogen and oxygen atoms in total. The molecule has 1 unspecified atom stereocenters. The fourth-order valence-corrected chi connectivity index (χ4v) is 5.47. The summed E-state index contributed by atoms with van der Waals surface area (Å²) in [7, 11) is 0. The molecule has 1 aromatic rings. The minimum atomic E-state index is -0.734. The van der Waals surface area contributed by atoms with Gasteiger partial charge in [-0.25, -0.2) is 4.79 Å². The maximum Gasteiger partial charge on any atom is 0.324 e. The molecule has 4 rings (SSSR count). The zero-order valence-corrected chi connectivity index (χ0v) is 16.3. The summed E-state index contributed by atoms with van der Waals surface area (Å²) >= 11 is 1.75. The van der Waals surface area contributed by atoms with Crippen LogP contribution < -0.4 is 5.32 Å². The van der Waals surface area contributed by atoms with Crippen LogP contribution in [0.2, 0.25) is 0 Å². The largest absolute Gasteiger partial charge is 0.369 e. The first-order valence-electron chi connectivity index (χ1n) is 9.64. The number of ether oxygens (including phenoxy) is 1. The van der Waals surface area contributed by atoms with E-state index < -0.39 is 12.1 Å². The van der Waals surface area contributed by atoms with Gasteiger partial charge < -0.3 is 15.0 Å². The summed E-state index contributed by atoms with van der Waals surface area (Å²) in [6.07, 6.45) is 3.25. The first-order valence-corrected chi connectivity index (χ1v) is 10.5. The number of amides is 4. The number of thiophene rings is 1. The van der Waals surface area contributed by atoms with Gasteiger partial charge in [0.1, 0.15) is 11.6 Å². The lowest BCUT2D eigenvalue weighted by Gasteiger charge is -2.43. The first kappa shape index (κ1) is 18.4. The molecule has 3 aliphatic heterocycles. The number of imide groups is 1. The predicted molar refractivity (Wildman–Crippen MR) is 100 cm³/mol. The SMILES string of the molecule is CCCN1C(=O)NC(CC(=O)N2CCC3(CC2)OCCc2ccsc23)C1=O. The highest BCUT2D eigenvalue weighted by Crippen LogP contribution is 2.44. The highest BCUT2D eigenvalue weighted by molar-refractivity contribution is 7.10. The Morgan fingerprint density at radius 3 is 2.89 bits per heavy atom. The third-order valence-corrected chi connectivity index (χ3v) is 6.91. The molecule has 0 aromatic carbocycles. The van der Waals surface area contributed by atoms with Crippen LogP contribution in [0.25, 0.3) is 0 Å². The van der Waals surface area contributed by atoms with E-state index in [1.54, 1.807) is 16.2 Å². The molecular weight excluding hydrogens is 366 g/mol. The van der Waals surface area contributed by atoms with Gasteiger partial charge in [0.25, 0.3) is 5.91 Å². The molecule has 2 saturated heterocycles. The molecule has 0 radical (unpaired) electrons. The van der Waals surface area contributed by atoms with Crippen LogP contribution in [0, 0.1) is 0 Å². The van der Waals surface area contributed by atoms with Gasteiger partial charge in [0.2, 0.25) is 5.91 Å². The second-order valence-corrected chi connectivity index (χ2v) is 8.36. The van der Waals surface area contributed by atoms with E-state index in [2.05, 4.69) is 16.8 Å². The molecule has 1 N–H and O–H groups in total. The Kier molecular flexibility index (Phi) is 4.94. The molecule has 27 heavy (non-hydrogen) atoms. The Balaban J connectivity index is 1.36. The lowest BCUT2D eigenvalue weighted by Crippen LogP contribution is -2.49. The number of nitrogens with zero attached hydrogens (tertiary/aromatic N) is 2. The van der Waals surface area contributed by atoms with Gasteiger partial charge in [0, 0.05) is 24.5 Å². The van der Waals surface area contributed by atoms with Crippen molar-refractivity contribution in [1.29, 1.82) is 0 Å². The summed E-state index contributed by atoms with van der Waals surface area (Å²) in [6, 6.07) is 1.05. The van der Waals surface area contributed by atoms with Crippen LogP contribution in [-0.4, -0.2) is 59.9 Å². The Bertz CT molecular complexity index is 754. The van der Waals surface area contributed by atoms with E-state index in [0.717, 1.165) is 25.9 Å². The van der Waals surface area contributed by atoms with Gasteiger partial charge in [-0.3, -0.25) is 14.5 Å². The first-order chi connectivity index (χ1) is 13.0. The van der Waals surface area contributed by atoms with Crippen LogP contribution in [0.5, 0.6) is 0 Å². The summed E-state index contributed by atoms with van der Waals surface area (Å²) < 4.78 is 6.18. The maximum atomic E-state index is 12.7. The highest BCUT2D eigenvalue weighted by Gasteiger charge is 2.44. The number of hydrogen-bond acceptors (Lipinski definition) is 5. The van der Waals surface area contributed by atoms with Crippen molar-refractivity contribution in [3.8, 4) is 0 Å². The Morgan fingerprint density at radius 2 is 2.15 bits per heavy atom. The molecule has 8 heteroatoms. The van der Waals surface area contributed by atoms with Gasteiger partial charge >= 0.3 is 6.03 Å². The summed E-state index contributed by atoms with van der Waals surface area (Å²) in [5.74, 6) is -0.369. The molecule has 146 valence electrons. The fourth-order valence-electron chi connectivity index (χ4n) is 4.30. The summed E-state index contributed by atoms with van der Waals surface area (Å²) in [4.78, 5) is 41.2. The molecule has 3 aliphatic rings. The lowest BCUT2D eigenvalue weighted by molar-refractivity contribution is -0.142. The lowest BCUT2D eigenvalue weighted by atomic mass is 9.85. The van der Waals surface area contributed by atoms with Crippen LogP contribution in [0.15, 0.2) is 11.4 Å². The van der Waals surface area contributed by atoms with E-state index in [-0.39, 0.29) is 23.8 Å². The van der Waals surface area contributed by atoms with Crippen molar-refractivity contribution in [3.05, 3.63) is 21.9 Å². The number of fused-ring (bicyclic) bond motifs is 2. The standard InChI is InChI=1S/C19H25N3O4S/c1-2-7-22-17(24)14(20-18(22)25)12-15(23)21-8-5-19(6-9-21)16-13(3-10-26-19)4-11-27-16/h4,11,14H,2-3,5-10,12H2,1H3,(H,20,25). The zero-order chi connectivity index (χ0) is 19.0. The topological polar surface area (TPSA) is 79.0 Å². The van der Waals surface area contributed by atoms with Gasteiger partial charge in [0.15, 0.2) is 0 Å². The minimum absolute atomic E-state index is 0.0307. The van der Waals surface area contributed by atoms with Crippen LogP contribution in [0.4, 0.5) is 4.79 Å². The molecule has 1 spiro atoms. The van der Waals surface area contributed by atoms with Crippen molar-refractivity contribution in [3.63, 3.8) is 0 Å². The zero-order valence-electron chi connectivity index (χ0n) is 15.5. The summed E-state index contributed by atoms with van der Waals surface area (Å²) in [5, 5.41) is 4.76. The van der Waals surface area contributed by atoms with Gasteiger partial charge in [0.05, 0.1) is 13.0 Å². The fraction of sp³-hybridized carbons (Fsp3) is 0.632. The van der Waals surface area contributed by atoms with Gasteiger partial charge in [-0.05, 0) is 42.7 Å². The molecular formula is C19H25N3O4S. The molecule has 4 heterocycles. The monoisotopic (exact) mass is 391 g/mol. The number of rotatable bonds is 4. The van der Waals surface area contributed by atoms with Crippen molar-refractivity contribution in [2.24, 2.45) is 0 Å². The maximum absolute atomic E-state index is 12.7. The average Bonchev–Trinajstić information content (AvgIpc) is 3.24.